The number of rotatable bonds is 3. The average Bonchev–Trinajstić information content (AvgIpc) is 2.83. The van der Waals surface area contributed by atoms with E-state index in [2.05, 4.69) is 11.1 Å². The number of halogens is 1. The van der Waals surface area contributed by atoms with Crippen molar-refractivity contribution in [3.63, 3.8) is 0 Å². The van der Waals surface area contributed by atoms with Crippen molar-refractivity contribution in [3.05, 3.63) is 63.1 Å². The van der Waals surface area contributed by atoms with Crippen molar-refractivity contribution >= 4 is 34.6 Å². The highest BCUT2D eigenvalue weighted by molar-refractivity contribution is 7.10. The summed E-state index contributed by atoms with van der Waals surface area (Å²) in [6, 6.07) is 11.9. The first-order valence-corrected chi connectivity index (χ1v) is 6.91. The molecule has 1 aromatic heterocycles. The second kappa shape index (κ2) is 6.33. The maximum atomic E-state index is 9.17. The van der Waals surface area contributed by atoms with Crippen molar-refractivity contribution in [2.24, 2.45) is 0 Å². The molecule has 0 bridgehead atoms. The molecule has 2 aromatic rings. The summed E-state index contributed by atoms with van der Waals surface area (Å²) < 4.78 is 0. The zero-order valence-corrected chi connectivity index (χ0v) is 11.9. The summed E-state index contributed by atoms with van der Waals surface area (Å²) in [6.45, 7) is 1.90. The lowest BCUT2D eigenvalue weighted by atomic mass is 10.2. The zero-order chi connectivity index (χ0) is 13.7. The van der Waals surface area contributed by atoms with Crippen molar-refractivity contribution in [2.45, 2.75) is 6.92 Å². The van der Waals surface area contributed by atoms with Gasteiger partial charge in [0.25, 0.3) is 0 Å². The molecule has 0 saturated heterocycles. The second-order valence-corrected chi connectivity index (χ2v) is 5.20. The molecular formula is C15H11ClN2S. The minimum Gasteiger partial charge on any atom is -0.241 e. The summed E-state index contributed by atoms with van der Waals surface area (Å²) in [7, 11) is 0. The SMILES string of the molecule is Cc1csc(/C(C#N)=C/C(Cl)=C/c2ccccc2)n1. The Morgan fingerprint density at radius 3 is 2.68 bits per heavy atom. The largest absolute Gasteiger partial charge is 0.241 e. The van der Waals surface area contributed by atoms with Crippen molar-refractivity contribution < 1.29 is 0 Å². The van der Waals surface area contributed by atoms with Gasteiger partial charge in [-0.3, -0.25) is 0 Å². The van der Waals surface area contributed by atoms with Crippen molar-refractivity contribution in [2.75, 3.05) is 0 Å². The van der Waals surface area contributed by atoms with Crippen molar-refractivity contribution in [1.29, 1.82) is 5.26 Å². The zero-order valence-electron chi connectivity index (χ0n) is 10.3. The van der Waals surface area contributed by atoms with E-state index in [1.807, 2.05) is 48.7 Å². The lowest BCUT2D eigenvalue weighted by molar-refractivity contribution is 1.24. The van der Waals surface area contributed by atoms with E-state index in [1.165, 1.54) is 11.3 Å². The molecule has 0 radical (unpaired) electrons. The van der Waals surface area contributed by atoms with E-state index in [0.717, 1.165) is 11.3 Å². The average molecular weight is 287 g/mol. The third-order valence-corrected chi connectivity index (χ3v) is 3.57. The maximum absolute atomic E-state index is 9.17. The summed E-state index contributed by atoms with van der Waals surface area (Å²) in [5, 5.41) is 12.3. The van der Waals surface area contributed by atoms with Crippen LogP contribution in [0.3, 0.4) is 0 Å². The van der Waals surface area contributed by atoms with Gasteiger partial charge in [-0.1, -0.05) is 41.9 Å². The fraction of sp³-hybridized carbons (Fsp3) is 0.0667. The molecule has 94 valence electrons. The number of nitrogens with zero attached hydrogens (tertiary/aromatic N) is 2. The number of allylic oxidation sites excluding steroid dienone is 3. The van der Waals surface area contributed by atoms with Gasteiger partial charge in [-0.15, -0.1) is 11.3 Å². The smallest absolute Gasteiger partial charge is 0.134 e. The Balaban J connectivity index is 2.29. The fourth-order valence-corrected chi connectivity index (χ4v) is 2.51. The summed E-state index contributed by atoms with van der Waals surface area (Å²) in [5.74, 6) is 0. The maximum Gasteiger partial charge on any atom is 0.134 e. The standard InChI is InChI=1S/C15H11ClN2S/c1-11-10-19-15(18-11)13(9-17)8-14(16)7-12-5-3-2-4-6-12/h2-8,10H,1H3/b13-8+,14-7-. The Morgan fingerprint density at radius 1 is 1.37 bits per heavy atom. The van der Waals surface area contributed by atoms with Gasteiger partial charge in [0.15, 0.2) is 0 Å². The molecule has 0 aliphatic carbocycles. The van der Waals surface area contributed by atoms with Crippen LogP contribution in [-0.2, 0) is 0 Å². The van der Waals surface area contributed by atoms with Crippen LogP contribution in [-0.4, -0.2) is 4.98 Å². The van der Waals surface area contributed by atoms with Crippen LogP contribution in [0.25, 0.3) is 11.6 Å². The van der Waals surface area contributed by atoms with Crippen LogP contribution in [0.5, 0.6) is 0 Å². The lowest BCUT2D eigenvalue weighted by Crippen LogP contribution is -1.81. The first-order valence-electron chi connectivity index (χ1n) is 5.65. The van der Waals surface area contributed by atoms with Gasteiger partial charge >= 0.3 is 0 Å². The highest BCUT2D eigenvalue weighted by Gasteiger charge is 2.05. The van der Waals surface area contributed by atoms with Crippen LogP contribution in [0.2, 0.25) is 0 Å². The first kappa shape index (κ1) is 13.5. The van der Waals surface area contributed by atoms with Gasteiger partial charge in [-0.05, 0) is 24.6 Å². The van der Waals surface area contributed by atoms with Gasteiger partial charge < -0.3 is 0 Å². The Morgan fingerprint density at radius 2 is 2.11 bits per heavy atom. The molecule has 0 aliphatic rings. The van der Waals surface area contributed by atoms with Crippen molar-refractivity contribution in [3.8, 4) is 6.07 Å². The van der Waals surface area contributed by atoms with Gasteiger partial charge in [0.1, 0.15) is 11.1 Å². The molecule has 0 spiro atoms. The number of nitriles is 1. The summed E-state index contributed by atoms with van der Waals surface area (Å²) in [5.41, 5.74) is 2.39. The van der Waals surface area contributed by atoms with E-state index in [4.69, 9.17) is 16.9 Å². The predicted molar refractivity (Wildman–Crippen MR) is 80.7 cm³/mol. The Labute approximate surface area is 121 Å². The molecule has 0 amide bonds. The molecule has 0 N–H and O–H groups in total. The van der Waals surface area contributed by atoms with Gasteiger partial charge in [0, 0.05) is 16.1 Å². The van der Waals surface area contributed by atoms with Crippen LogP contribution in [0.15, 0.2) is 46.8 Å². The molecule has 2 rings (SSSR count). The molecule has 1 aromatic carbocycles. The lowest BCUT2D eigenvalue weighted by Gasteiger charge is -1.95. The third-order valence-electron chi connectivity index (χ3n) is 2.36. The highest BCUT2D eigenvalue weighted by atomic mass is 35.5. The topological polar surface area (TPSA) is 36.7 Å². The quantitative estimate of drug-likeness (QED) is 0.609. The minimum absolute atomic E-state index is 0.482. The van der Waals surface area contributed by atoms with Crippen LogP contribution in [0, 0.1) is 18.3 Å². The third kappa shape index (κ3) is 3.78. The van der Waals surface area contributed by atoms with E-state index < -0.39 is 0 Å². The molecule has 4 heteroatoms. The number of hydrogen-bond donors (Lipinski definition) is 0. The van der Waals surface area contributed by atoms with Gasteiger partial charge in [0.2, 0.25) is 0 Å². The van der Waals surface area contributed by atoms with E-state index >= 15 is 0 Å². The van der Waals surface area contributed by atoms with E-state index in [1.54, 1.807) is 6.08 Å². The number of aromatic nitrogens is 1. The summed E-state index contributed by atoms with van der Waals surface area (Å²) >= 11 is 7.60. The Kier molecular flexibility index (Phi) is 4.51. The van der Waals surface area contributed by atoms with Gasteiger partial charge in [-0.25, -0.2) is 4.98 Å². The van der Waals surface area contributed by atoms with E-state index in [0.29, 0.717) is 15.6 Å². The molecular weight excluding hydrogens is 276 g/mol. The van der Waals surface area contributed by atoms with Crippen LogP contribution in [0.1, 0.15) is 16.3 Å². The van der Waals surface area contributed by atoms with E-state index in [-0.39, 0.29) is 0 Å². The molecule has 2 nitrogen and oxygen atoms in total. The second-order valence-electron chi connectivity index (χ2n) is 3.90. The molecule has 0 fully saturated rings. The van der Waals surface area contributed by atoms with Crippen LogP contribution < -0.4 is 0 Å². The van der Waals surface area contributed by atoms with Crippen molar-refractivity contribution in [1.82, 2.24) is 4.98 Å². The summed E-state index contributed by atoms with van der Waals surface area (Å²) in [6.07, 6.45) is 3.46. The first-order chi connectivity index (χ1) is 9.19. The molecule has 0 atom stereocenters. The molecule has 0 saturated carbocycles. The Hall–Kier alpha value is -1.89. The number of benzene rings is 1. The minimum atomic E-state index is 0.482. The summed E-state index contributed by atoms with van der Waals surface area (Å²) in [4.78, 5) is 4.28. The van der Waals surface area contributed by atoms with Gasteiger partial charge in [-0.2, -0.15) is 5.26 Å². The number of hydrogen-bond acceptors (Lipinski definition) is 3. The van der Waals surface area contributed by atoms with Gasteiger partial charge in [0.05, 0.1) is 5.57 Å². The van der Waals surface area contributed by atoms with Crippen LogP contribution in [0.4, 0.5) is 0 Å². The van der Waals surface area contributed by atoms with Crippen LogP contribution >= 0.6 is 22.9 Å². The Bertz CT molecular complexity index is 663. The normalized spacial score (nSPS) is 12.3. The monoisotopic (exact) mass is 286 g/mol. The number of aryl methyl sites for hydroxylation is 1. The molecule has 0 aliphatic heterocycles. The molecule has 1 heterocycles. The molecule has 19 heavy (non-hydrogen) atoms. The number of thiazole rings is 1. The highest BCUT2D eigenvalue weighted by Crippen LogP contribution is 2.22. The predicted octanol–water partition coefficient (Wildman–Crippen LogP) is 4.64. The fourth-order valence-electron chi connectivity index (χ4n) is 1.51. The van der Waals surface area contributed by atoms with E-state index in [9.17, 15) is 0 Å². The molecule has 0 unspecified atom stereocenters.